The molecule has 0 radical (unpaired) electrons. The van der Waals surface area contributed by atoms with Crippen LogP contribution in [0.5, 0.6) is 0 Å². The van der Waals surface area contributed by atoms with Crippen LogP contribution in [0.1, 0.15) is 11.3 Å². The van der Waals surface area contributed by atoms with E-state index in [2.05, 4.69) is 21.7 Å². The second-order valence-corrected chi connectivity index (χ2v) is 4.66. The largest absolute Gasteiger partial charge is 0.392 e. The van der Waals surface area contributed by atoms with Crippen molar-refractivity contribution in [2.75, 3.05) is 0 Å². The van der Waals surface area contributed by atoms with Gasteiger partial charge in [-0.05, 0) is 23.8 Å². The molecule has 0 saturated carbocycles. The van der Waals surface area contributed by atoms with E-state index in [0.717, 1.165) is 22.5 Å². The van der Waals surface area contributed by atoms with Gasteiger partial charge in [0.25, 0.3) is 0 Å². The molecular weight excluding hydrogens is 248 g/mol. The normalized spacial score (nSPS) is 10.7. The predicted octanol–water partition coefficient (Wildman–Crippen LogP) is 3.09. The van der Waals surface area contributed by atoms with Gasteiger partial charge in [0, 0.05) is 18.0 Å². The maximum absolute atomic E-state index is 9.53. The molecule has 100 valence electrons. The van der Waals surface area contributed by atoms with Crippen molar-refractivity contribution in [2.24, 2.45) is 0 Å². The summed E-state index contributed by atoms with van der Waals surface area (Å²) in [5.41, 5.74) is 4.10. The number of aliphatic hydroxyl groups is 1. The monoisotopic (exact) mass is 264 g/mol. The summed E-state index contributed by atoms with van der Waals surface area (Å²) in [4.78, 5) is 4.36. The van der Waals surface area contributed by atoms with Gasteiger partial charge in [-0.3, -0.25) is 4.98 Å². The zero-order chi connectivity index (χ0) is 13.8. The third-order valence-corrected chi connectivity index (χ3v) is 3.32. The standard InChI is InChI=1S/C17H16N2O/c20-13-15-9-11-19(12-16-8-4-5-10-18-16)17(15)14-6-2-1-3-7-14/h1-11,20H,12-13H2. The third kappa shape index (κ3) is 2.49. The van der Waals surface area contributed by atoms with Crippen LogP contribution >= 0.6 is 0 Å². The Kier molecular flexibility index (Phi) is 3.61. The van der Waals surface area contributed by atoms with Crippen LogP contribution in [-0.2, 0) is 13.2 Å². The number of hydrogen-bond acceptors (Lipinski definition) is 2. The van der Waals surface area contributed by atoms with Gasteiger partial charge in [0.2, 0.25) is 0 Å². The Labute approximate surface area is 118 Å². The molecule has 0 atom stereocenters. The molecule has 0 spiro atoms. The fourth-order valence-corrected chi connectivity index (χ4v) is 2.39. The summed E-state index contributed by atoms with van der Waals surface area (Å²) in [7, 11) is 0. The van der Waals surface area contributed by atoms with Crippen molar-refractivity contribution in [1.29, 1.82) is 0 Å². The Hall–Kier alpha value is -2.39. The molecule has 3 rings (SSSR count). The van der Waals surface area contributed by atoms with Crippen molar-refractivity contribution < 1.29 is 5.11 Å². The molecule has 3 aromatic rings. The molecule has 0 fully saturated rings. The fraction of sp³-hybridized carbons (Fsp3) is 0.118. The number of benzene rings is 1. The van der Waals surface area contributed by atoms with Gasteiger partial charge in [-0.15, -0.1) is 0 Å². The second-order valence-electron chi connectivity index (χ2n) is 4.66. The van der Waals surface area contributed by atoms with E-state index < -0.39 is 0 Å². The fourth-order valence-electron chi connectivity index (χ4n) is 2.39. The molecule has 20 heavy (non-hydrogen) atoms. The minimum Gasteiger partial charge on any atom is -0.392 e. The molecule has 0 aliphatic carbocycles. The van der Waals surface area contributed by atoms with Gasteiger partial charge < -0.3 is 9.67 Å². The van der Waals surface area contributed by atoms with Crippen molar-refractivity contribution in [3.05, 3.63) is 78.2 Å². The Morgan fingerprint density at radius 1 is 0.950 bits per heavy atom. The number of aliphatic hydroxyl groups excluding tert-OH is 1. The summed E-state index contributed by atoms with van der Waals surface area (Å²) in [5.74, 6) is 0. The first-order valence-electron chi connectivity index (χ1n) is 6.62. The highest BCUT2D eigenvalue weighted by molar-refractivity contribution is 5.64. The van der Waals surface area contributed by atoms with Crippen LogP contribution < -0.4 is 0 Å². The molecule has 0 unspecified atom stereocenters. The van der Waals surface area contributed by atoms with Gasteiger partial charge in [-0.25, -0.2) is 0 Å². The molecule has 1 aromatic carbocycles. The lowest BCUT2D eigenvalue weighted by molar-refractivity contribution is 0.282. The van der Waals surface area contributed by atoms with Gasteiger partial charge in [0.05, 0.1) is 24.5 Å². The van der Waals surface area contributed by atoms with E-state index >= 15 is 0 Å². The summed E-state index contributed by atoms with van der Waals surface area (Å²) in [6, 6.07) is 18.0. The van der Waals surface area contributed by atoms with Crippen LogP contribution in [0.4, 0.5) is 0 Å². The smallest absolute Gasteiger partial charge is 0.0702 e. The van der Waals surface area contributed by atoms with Crippen molar-refractivity contribution in [3.8, 4) is 11.3 Å². The van der Waals surface area contributed by atoms with Crippen LogP contribution in [0.15, 0.2) is 67.0 Å². The van der Waals surface area contributed by atoms with E-state index in [1.54, 1.807) is 6.20 Å². The quantitative estimate of drug-likeness (QED) is 0.786. The zero-order valence-corrected chi connectivity index (χ0v) is 11.1. The summed E-state index contributed by atoms with van der Waals surface area (Å²) in [6.45, 7) is 0.741. The van der Waals surface area contributed by atoms with E-state index in [1.807, 2.05) is 48.7 Å². The Morgan fingerprint density at radius 3 is 2.45 bits per heavy atom. The highest BCUT2D eigenvalue weighted by Gasteiger charge is 2.11. The van der Waals surface area contributed by atoms with Gasteiger partial charge in [0.15, 0.2) is 0 Å². The summed E-state index contributed by atoms with van der Waals surface area (Å²) in [5, 5.41) is 9.53. The highest BCUT2D eigenvalue weighted by Crippen LogP contribution is 2.25. The SMILES string of the molecule is OCc1ccn(Cc2ccccn2)c1-c1ccccc1. The summed E-state index contributed by atoms with van der Waals surface area (Å²) >= 11 is 0. The average molecular weight is 264 g/mol. The van der Waals surface area contributed by atoms with Crippen LogP contribution in [0.3, 0.4) is 0 Å². The maximum Gasteiger partial charge on any atom is 0.0702 e. The van der Waals surface area contributed by atoms with E-state index in [0.29, 0.717) is 6.54 Å². The van der Waals surface area contributed by atoms with Crippen molar-refractivity contribution in [2.45, 2.75) is 13.2 Å². The zero-order valence-electron chi connectivity index (χ0n) is 11.1. The van der Waals surface area contributed by atoms with E-state index in [9.17, 15) is 5.11 Å². The van der Waals surface area contributed by atoms with Gasteiger partial charge >= 0.3 is 0 Å². The molecule has 2 heterocycles. The number of hydrogen-bond donors (Lipinski definition) is 1. The molecule has 3 heteroatoms. The second kappa shape index (κ2) is 5.72. The maximum atomic E-state index is 9.53. The lowest BCUT2D eigenvalue weighted by Crippen LogP contribution is -2.03. The van der Waals surface area contributed by atoms with Crippen LogP contribution in [0, 0.1) is 0 Å². The predicted molar refractivity (Wildman–Crippen MR) is 79.1 cm³/mol. The first-order valence-corrected chi connectivity index (χ1v) is 6.62. The van der Waals surface area contributed by atoms with Gasteiger partial charge in [0.1, 0.15) is 0 Å². The molecule has 0 aliphatic rings. The first-order chi connectivity index (χ1) is 9.88. The minimum atomic E-state index is 0.0411. The van der Waals surface area contributed by atoms with E-state index in [1.165, 1.54) is 0 Å². The van der Waals surface area contributed by atoms with E-state index in [-0.39, 0.29) is 6.61 Å². The Morgan fingerprint density at radius 2 is 1.75 bits per heavy atom. The summed E-state index contributed by atoms with van der Waals surface area (Å²) in [6.07, 6.45) is 3.80. The number of pyridine rings is 1. The molecular formula is C17H16N2O. The molecule has 0 aliphatic heterocycles. The molecule has 0 amide bonds. The lowest BCUT2D eigenvalue weighted by atomic mass is 10.1. The number of aromatic nitrogens is 2. The Balaban J connectivity index is 2.02. The lowest BCUT2D eigenvalue weighted by Gasteiger charge is -2.11. The molecule has 0 saturated heterocycles. The first kappa shape index (κ1) is 12.6. The van der Waals surface area contributed by atoms with Crippen LogP contribution in [-0.4, -0.2) is 14.7 Å². The molecule has 1 N–H and O–H groups in total. The molecule has 3 nitrogen and oxygen atoms in total. The topological polar surface area (TPSA) is 38.0 Å². The van der Waals surface area contributed by atoms with Crippen molar-refractivity contribution >= 4 is 0 Å². The number of rotatable bonds is 4. The molecule has 2 aromatic heterocycles. The van der Waals surface area contributed by atoms with Crippen LogP contribution in [0.2, 0.25) is 0 Å². The highest BCUT2D eigenvalue weighted by atomic mass is 16.3. The van der Waals surface area contributed by atoms with E-state index in [4.69, 9.17) is 0 Å². The Bertz CT molecular complexity index is 675. The van der Waals surface area contributed by atoms with Crippen molar-refractivity contribution in [1.82, 2.24) is 9.55 Å². The number of nitrogens with zero attached hydrogens (tertiary/aromatic N) is 2. The summed E-state index contributed by atoms with van der Waals surface area (Å²) < 4.78 is 2.13. The minimum absolute atomic E-state index is 0.0411. The average Bonchev–Trinajstić information content (AvgIpc) is 2.92. The van der Waals surface area contributed by atoms with Crippen molar-refractivity contribution in [3.63, 3.8) is 0 Å². The van der Waals surface area contributed by atoms with Gasteiger partial charge in [-0.2, -0.15) is 0 Å². The molecule has 0 bridgehead atoms. The van der Waals surface area contributed by atoms with Gasteiger partial charge in [-0.1, -0.05) is 36.4 Å². The third-order valence-electron chi connectivity index (χ3n) is 3.32. The van der Waals surface area contributed by atoms with Crippen LogP contribution in [0.25, 0.3) is 11.3 Å².